The summed E-state index contributed by atoms with van der Waals surface area (Å²) in [6, 6.07) is 0.302. The maximum atomic E-state index is 12.7. The van der Waals surface area contributed by atoms with E-state index in [-0.39, 0.29) is 5.25 Å². The van der Waals surface area contributed by atoms with Crippen LogP contribution < -0.4 is 0 Å². The minimum atomic E-state index is -3.04. The second kappa shape index (κ2) is 6.71. The lowest BCUT2D eigenvalue weighted by molar-refractivity contribution is 0.216. The van der Waals surface area contributed by atoms with Crippen LogP contribution in [0.25, 0.3) is 0 Å². The minimum Gasteiger partial charge on any atom is -0.212 e. The van der Waals surface area contributed by atoms with Crippen LogP contribution in [0, 0.1) is 0 Å². The van der Waals surface area contributed by atoms with Crippen molar-refractivity contribution in [3.05, 3.63) is 0 Å². The maximum Gasteiger partial charge on any atom is 0.217 e. The van der Waals surface area contributed by atoms with Gasteiger partial charge in [0.05, 0.1) is 5.25 Å². The molecule has 18 heavy (non-hydrogen) atoms. The van der Waals surface area contributed by atoms with Gasteiger partial charge in [0.25, 0.3) is 0 Å². The summed E-state index contributed by atoms with van der Waals surface area (Å²) in [4.78, 5) is 0. The summed E-state index contributed by atoms with van der Waals surface area (Å²) in [6.45, 7) is 0.703. The van der Waals surface area contributed by atoms with Crippen LogP contribution >= 0.6 is 15.9 Å². The Morgan fingerprint density at radius 2 is 1.67 bits per heavy atom. The zero-order valence-corrected chi connectivity index (χ0v) is 13.4. The third-order valence-corrected chi connectivity index (χ3v) is 7.30. The Morgan fingerprint density at radius 1 is 1.00 bits per heavy atom. The number of sulfonamides is 1. The minimum absolute atomic E-state index is 0.0952. The Morgan fingerprint density at radius 3 is 2.17 bits per heavy atom. The third-order valence-electron chi connectivity index (χ3n) is 4.29. The van der Waals surface area contributed by atoms with E-state index in [1.807, 2.05) is 4.31 Å². The number of halogens is 1. The summed E-state index contributed by atoms with van der Waals surface area (Å²) in [5.41, 5.74) is 0. The molecular weight excluding hydrogens is 314 g/mol. The molecule has 0 amide bonds. The summed E-state index contributed by atoms with van der Waals surface area (Å²) in [5, 5.41) is 0.790. The van der Waals surface area contributed by atoms with Crippen LogP contribution in [0.4, 0.5) is 0 Å². The van der Waals surface area contributed by atoms with E-state index in [0.29, 0.717) is 12.6 Å². The van der Waals surface area contributed by atoms with E-state index in [4.69, 9.17) is 0 Å². The second-order valence-corrected chi connectivity index (χ2v) is 8.50. The SMILES string of the molecule is O=S(=O)(C1CCCCC1)N(CCCBr)C1CCC1. The summed E-state index contributed by atoms with van der Waals surface area (Å²) in [6.07, 6.45) is 9.36. The van der Waals surface area contributed by atoms with Gasteiger partial charge in [0.2, 0.25) is 10.0 Å². The normalized spacial score (nSPS) is 23.2. The highest BCUT2D eigenvalue weighted by atomic mass is 79.9. The highest BCUT2D eigenvalue weighted by Crippen LogP contribution is 2.32. The van der Waals surface area contributed by atoms with Gasteiger partial charge in [-0.25, -0.2) is 8.42 Å². The molecule has 2 rings (SSSR count). The van der Waals surface area contributed by atoms with Crippen LogP contribution in [-0.2, 0) is 10.0 Å². The maximum absolute atomic E-state index is 12.7. The number of hydrogen-bond donors (Lipinski definition) is 0. The predicted molar refractivity (Wildman–Crippen MR) is 78.5 cm³/mol. The number of alkyl halides is 1. The monoisotopic (exact) mass is 337 g/mol. The molecule has 2 saturated carbocycles. The Labute approximate surface area is 119 Å². The lowest BCUT2D eigenvalue weighted by Crippen LogP contribution is -2.48. The summed E-state index contributed by atoms with van der Waals surface area (Å²) in [5.74, 6) is 0. The van der Waals surface area contributed by atoms with E-state index in [2.05, 4.69) is 15.9 Å². The van der Waals surface area contributed by atoms with Gasteiger partial charge in [-0.2, -0.15) is 4.31 Å². The fourth-order valence-electron chi connectivity index (χ4n) is 2.96. The molecule has 0 aromatic heterocycles. The molecule has 0 bridgehead atoms. The number of rotatable bonds is 6. The molecule has 0 atom stereocenters. The first-order valence-electron chi connectivity index (χ1n) is 7.23. The van der Waals surface area contributed by atoms with Gasteiger partial charge in [-0.05, 0) is 32.1 Å². The van der Waals surface area contributed by atoms with Gasteiger partial charge in [-0.1, -0.05) is 41.6 Å². The van der Waals surface area contributed by atoms with Crippen molar-refractivity contribution in [3.8, 4) is 0 Å². The van der Waals surface area contributed by atoms with Crippen LogP contribution in [-0.4, -0.2) is 35.9 Å². The smallest absolute Gasteiger partial charge is 0.212 e. The van der Waals surface area contributed by atoms with Gasteiger partial charge >= 0.3 is 0 Å². The van der Waals surface area contributed by atoms with Crippen molar-refractivity contribution >= 4 is 26.0 Å². The highest BCUT2D eigenvalue weighted by Gasteiger charge is 2.38. The van der Waals surface area contributed by atoms with Gasteiger partial charge in [0, 0.05) is 17.9 Å². The molecule has 0 spiro atoms. The van der Waals surface area contributed by atoms with Gasteiger partial charge in [0.1, 0.15) is 0 Å². The molecule has 0 aromatic carbocycles. The van der Waals surface area contributed by atoms with E-state index >= 15 is 0 Å². The third kappa shape index (κ3) is 3.28. The second-order valence-electron chi connectivity index (χ2n) is 5.54. The van der Waals surface area contributed by atoms with Crippen LogP contribution in [0.3, 0.4) is 0 Å². The van der Waals surface area contributed by atoms with Crippen molar-refractivity contribution in [2.45, 2.75) is 69.1 Å². The fourth-order valence-corrected chi connectivity index (χ4v) is 5.54. The zero-order valence-electron chi connectivity index (χ0n) is 11.0. The molecule has 0 N–H and O–H groups in total. The molecule has 0 radical (unpaired) electrons. The van der Waals surface area contributed by atoms with Crippen LogP contribution in [0.2, 0.25) is 0 Å². The predicted octanol–water partition coefficient (Wildman–Crippen LogP) is 3.29. The van der Waals surface area contributed by atoms with Crippen molar-refractivity contribution in [2.75, 3.05) is 11.9 Å². The van der Waals surface area contributed by atoms with Crippen molar-refractivity contribution in [3.63, 3.8) is 0 Å². The lowest BCUT2D eigenvalue weighted by Gasteiger charge is -2.39. The van der Waals surface area contributed by atoms with Gasteiger partial charge in [-0.3, -0.25) is 0 Å². The van der Waals surface area contributed by atoms with E-state index in [1.165, 1.54) is 12.8 Å². The van der Waals surface area contributed by atoms with Crippen LogP contribution in [0.5, 0.6) is 0 Å². The molecular formula is C13H24BrNO2S. The van der Waals surface area contributed by atoms with Crippen molar-refractivity contribution in [2.24, 2.45) is 0 Å². The number of hydrogen-bond acceptors (Lipinski definition) is 2. The average molecular weight is 338 g/mol. The van der Waals surface area contributed by atoms with Gasteiger partial charge in [-0.15, -0.1) is 0 Å². The highest BCUT2D eigenvalue weighted by molar-refractivity contribution is 9.09. The first-order valence-corrected chi connectivity index (χ1v) is 9.85. The molecule has 2 aliphatic carbocycles. The van der Waals surface area contributed by atoms with Gasteiger partial charge < -0.3 is 0 Å². The molecule has 5 heteroatoms. The van der Waals surface area contributed by atoms with E-state index in [1.54, 1.807) is 0 Å². The van der Waals surface area contributed by atoms with Crippen molar-refractivity contribution in [1.29, 1.82) is 0 Å². The molecule has 106 valence electrons. The topological polar surface area (TPSA) is 37.4 Å². The Balaban J connectivity index is 2.06. The van der Waals surface area contributed by atoms with E-state index in [9.17, 15) is 8.42 Å². The molecule has 0 aromatic rings. The molecule has 2 aliphatic rings. The summed E-state index contributed by atoms with van der Waals surface area (Å²) < 4.78 is 27.3. The van der Waals surface area contributed by atoms with Gasteiger partial charge in [0.15, 0.2) is 0 Å². The van der Waals surface area contributed by atoms with Crippen LogP contribution in [0.1, 0.15) is 57.8 Å². The molecule has 0 saturated heterocycles. The first kappa shape index (κ1) is 14.8. The largest absolute Gasteiger partial charge is 0.217 e. The van der Waals surface area contributed by atoms with Crippen molar-refractivity contribution in [1.82, 2.24) is 4.31 Å². The first-order chi connectivity index (χ1) is 8.66. The molecule has 0 unspecified atom stereocenters. The van der Waals surface area contributed by atoms with E-state index in [0.717, 1.165) is 50.3 Å². The standard InChI is InChI=1S/C13H24BrNO2S/c14-10-5-11-15(12-6-4-7-12)18(16,17)13-8-2-1-3-9-13/h12-13H,1-11H2. The average Bonchev–Trinajstić information content (AvgIpc) is 2.33. The lowest BCUT2D eigenvalue weighted by atomic mass is 9.93. The Hall–Kier alpha value is 0.390. The fraction of sp³-hybridized carbons (Fsp3) is 1.00. The number of nitrogens with zero attached hydrogens (tertiary/aromatic N) is 1. The molecule has 2 fully saturated rings. The van der Waals surface area contributed by atoms with Crippen molar-refractivity contribution < 1.29 is 8.42 Å². The summed E-state index contributed by atoms with van der Waals surface area (Å²) >= 11 is 3.41. The Kier molecular flexibility index (Phi) is 5.51. The summed E-state index contributed by atoms with van der Waals surface area (Å²) in [7, 11) is -3.04. The molecule has 0 aliphatic heterocycles. The molecule has 0 heterocycles. The van der Waals surface area contributed by atoms with Crippen LogP contribution in [0.15, 0.2) is 0 Å². The zero-order chi connectivity index (χ0) is 13.0. The molecule has 3 nitrogen and oxygen atoms in total. The quantitative estimate of drug-likeness (QED) is 0.697. The Bertz CT molecular complexity index is 348. The van der Waals surface area contributed by atoms with E-state index < -0.39 is 10.0 Å².